The van der Waals surface area contributed by atoms with E-state index in [9.17, 15) is 19.1 Å². The lowest BCUT2D eigenvalue weighted by atomic mass is 9.93. The first-order chi connectivity index (χ1) is 9.50. The van der Waals surface area contributed by atoms with E-state index in [-0.39, 0.29) is 15.9 Å². The van der Waals surface area contributed by atoms with Gasteiger partial charge in [0.1, 0.15) is 11.6 Å². The molecule has 1 aliphatic carbocycles. The average molecular weight is 340 g/mol. The van der Waals surface area contributed by atoms with Crippen molar-refractivity contribution in [3.8, 4) is 5.75 Å². The van der Waals surface area contributed by atoms with Crippen molar-refractivity contribution in [1.29, 1.82) is 0 Å². The van der Waals surface area contributed by atoms with Crippen LogP contribution in [0.15, 0.2) is 27.8 Å². The van der Waals surface area contributed by atoms with Gasteiger partial charge in [-0.05, 0) is 47.7 Å². The number of nitrogens with zero attached hydrogens (tertiary/aromatic N) is 1. The second kappa shape index (κ2) is 4.70. The van der Waals surface area contributed by atoms with E-state index in [1.807, 2.05) is 0 Å². The third kappa shape index (κ3) is 1.86. The molecule has 0 radical (unpaired) electrons. The van der Waals surface area contributed by atoms with Gasteiger partial charge in [-0.2, -0.15) is 0 Å². The van der Waals surface area contributed by atoms with Crippen LogP contribution in [0.5, 0.6) is 5.75 Å². The van der Waals surface area contributed by atoms with Gasteiger partial charge in [-0.1, -0.05) is 0 Å². The fourth-order valence-electron chi connectivity index (χ4n) is 2.66. The summed E-state index contributed by atoms with van der Waals surface area (Å²) in [5.74, 6) is -1.88. The minimum absolute atomic E-state index is 0.176. The van der Waals surface area contributed by atoms with Crippen molar-refractivity contribution in [3.63, 3.8) is 0 Å². The molecule has 0 saturated carbocycles. The molecule has 0 saturated heterocycles. The van der Waals surface area contributed by atoms with Crippen molar-refractivity contribution in [2.24, 2.45) is 0 Å². The molecule has 1 heterocycles. The van der Waals surface area contributed by atoms with Crippen LogP contribution >= 0.6 is 15.9 Å². The molecule has 104 valence electrons. The molecule has 0 atom stereocenters. The Morgan fingerprint density at radius 1 is 1.10 bits per heavy atom. The van der Waals surface area contributed by atoms with Gasteiger partial charge in [-0.15, -0.1) is 0 Å². The highest BCUT2D eigenvalue weighted by Gasteiger charge is 2.40. The maximum absolute atomic E-state index is 14.0. The van der Waals surface area contributed by atoms with Gasteiger partial charge in [0, 0.05) is 17.2 Å². The van der Waals surface area contributed by atoms with Crippen molar-refractivity contribution in [1.82, 2.24) is 0 Å². The minimum Gasteiger partial charge on any atom is -0.507 e. The Bertz CT molecular complexity index is 641. The molecule has 1 aliphatic heterocycles. The Kier molecular flexibility index (Phi) is 3.12. The lowest BCUT2D eigenvalue weighted by Crippen LogP contribution is -2.32. The zero-order valence-corrected chi connectivity index (χ0v) is 12.0. The quantitative estimate of drug-likeness (QED) is 0.800. The molecule has 0 fully saturated rings. The summed E-state index contributed by atoms with van der Waals surface area (Å²) in [6, 6.07) is 2.14. The van der Waals surface area contributed by atoms with Crippen molar-refractivity contribution in [3.05, 3.63) is 33.6 Å². The molecule has 0 unspecified atom stereocenters. The molecule has 6 heteroatoms. The molecule has 3 rings (SSSR count). The molecule has 1 N–H and O–H groups in total. The Labute approximate surface area is 123 Å². The van der Waals surface area contributed by atoms with Crippen molar-refractivity contribution >= 4 is 33.4 Å². The monoisotopic (exact) mass is 339 g/mol. The van der Waals surface area contributed by atoms with E-state index in [0.29, 0.717) is 24.0 Å². The fraction of sp³-hybridized carbons (Fsp3) is 0.286. The summed E-state index contributed by atoms with van der Waals surface area (Å²) in [6.07, 6.45) is 2.83. The third-order valence-corrected chi connectivity index (χ3v) is 4.28. The number of aromatic hydroxyl groups is 1. The van der Waals surface area contributed by atoms with Crippen LogP contribution in [0.4, 0.5) is 10.1 Å². The van der Waals surface area contributed by atoms with Crippen molar-refractivity contribution < 1.29 is 19.1 Å². The van der Waals surface area contributed by atoms with Gasteiger partial charge < -0.3 is 5.11 Å². The number of hydrogen-bond acceptors (Lipinski definition) is 3. The number of imide groups is 1. The number of hydrogen-bond donors (Lipinski definition) is 1. The summed E-state index contributed by atoms with van der Waals surface area (Å²) in [6.45, 7) is 0. The smallest absolute Gasteiger partial charge is 0.261 e. The standard InChI is InChI=1S/C14H11BrFNO3/c15-9-5-10(16)11(6-12(9)18)17-13(19)7-3-1-2-4-8(7)14(17)20/h5-6,18H,1-4H2. The lowest BCUT2D eigenvalue weighted by molar-refractivity contribution is -0.120. The van der Waals surface area contributed by atoms with Crippen LogP contribution in [-0.4, -0.2) is 16.9 Å². The topological polar surface area (TPSA) is 57.6 Å². The van der Waals surface area contributed by atoms with Crippen LogP contribution in [0, 0.1) is 5.82 Å². The molecule has 20 heavy (non-hydrogen) atoms. The highest BCUT2D eigenvalue weighted by molar-refractivity contribution is 9.10. The van der Waals surface area contributed by atoms with Gasteiger partial charge in [0.15, 0.2) is 0 Å². The maximum Gasteiger partial charge on any atom is 0.261 e. The Hall–Kier alpha value is -1.69. The van der Waals surface area contributed by atoms with Crippen LogP contribution in [0.2, 0.25) is 0 Å². The first-order valence-electron chi connectivity index (χ1n) is 6.29. The molecule has 1 aromatic rings. The number of phenols is 1. The molecule has 4 nitrogen and oxygen atoms in total. The Balaban J connectivity index is 2.07. The number of benzene rings is 1. The number of carbonyl (C=O) groups excluding carboxylic acids is 2. The van der Waals surface area contributed by atoms with E-state index >= 15 is 0 Å². The minimum atomic E-state index is -0.726. The zero-order valence-electron chi connectivity index (χ0n) is 10.4. The SMILES string of the molecule is O=C1C2=C(CCCC2)C(=O)N1c1cc(O)c(Br)cc1F. The summed E-state index contributed by atoms with van der Waals surface area (Å²) in [5.41, 5.74) is 0.779. The summed E-state index contributed by atoms with van der Waals surface area (Å²) in [4.78, 5) is 25.4. The first-order valence-corrected chi connectivity index (χ1v) is 7.09. The van der Waals surface area contributed by atoms with E-state index in [2.05, 4.69) is 15.9 Å². The largest absolute Gasteiger partial charge is 0.507 e. The molecule has 2 amide bonds. The third-order valence-electron chi connectivity index (χ3n) is 3.65. The Morgan fingerprint density at radius 2 is 1.65 bits per heavy atom. The molecule has 0 aromatic heterocycles. The van der Waals surface area contributed by atoms with Gasteiger partial charge in [0.25, 0.3) is 11.8 Å². The van der Waals surface area contributed by atoms with Crippen molar-refractivity contribution in [2.75, 3.05) is 4.90 Å². The predicted molar refractivity (Wildman–Crippen MR) is 73.8 cm³/mol. The molecule has 1 aromatic carbocycles. The van der Waals surface area contributed by atoms with Crippen LogP contribution in [0.3, 0.4) is 0 Å². The molecule has 2 aliphatic rings. The fourth-order valence-corrected chi connectivity index (χ4v) is 2.97. The summed E-state index contributed by atoms with van der Waals surface area (Å²) < 4.78 is 14.2. The van der Waals surface area contributed by atoms with E-state index in [0.717, 1.165) is 29.9 Å². The molecular weight excluding hydrogens is 329 g/mol. The number of rotatable bonds is 1. The van der Waals surface area contributed by atoms with Crippen LogP contribution in [-0.2, 0) is 9.59 Å². The van der Waals surface area contributed by atoms with Crippen molar-refractivity contribution in [2.45, 2.75) is 25.7 Å². The van der Waals surface area contributed by atoms with Gasteiger partial charge in [-0.3, -0.25) is 9.59 Å². The van der Waals surface area contributed by atoms with Gasteiger partial charge in [0.2, 0.25) is 0 Å². The normalized spacial score (nSPS) is 18.8. The van der Waals surface area contributed by atoms with Gasteiger partial charge >= 0.3 is 0 Å². The number of carbonyl (C=O) groups is 2. The maximum atomic E-state index is 14.0. The molecule has 0 bridgehead atoms. The summed E-state index contributed by atoms with van der Waals surface area (Å²) >= 11 is 2.99. The van der Waals surface area contributed by atoms with E-state index in [4.69, 9.17) is 0 Å². The molecule has 0 spiro atoms. The number of phenolic OH excluding ortho intramolecular Hbond substituents is 1. The highest BCUT2D eigenvalue weighted by atomic mass is 79.9. The number of halogens is 2. The van der Waals surface area contributed by atoms with E-state index < -0.39 is 17.6 Å². The van der Waals surface area contributed by atoms with E-state index in [1.54, 1.807) is 0 Å². The van der Waals surface area contributed by atoms with Crippen LogP contribution in [0.25, 0.3) is 0 Å². The van der Waals surface area contributed by atoms with E-state index in [1.165, 1.54) is 0 Å². The second-order valence-corrected chi connectivity index (χ2v) is 5.72. The molecular formula is C14H11BrFNO3. The second-order valence-electron chi connectivity index (χ2n) is 4.86. The predicted octanol–water partition coefficient (Wildman–Crippen LogP) is 3.04. The summed E-state index contributed by atoms with van der Waals surface area (Å²) in [7, 11) is 0. The number of anilines is 1. The number of amides is 2. The van der Waals surface area contributed by atoms with Gasteiger partial charge in [-0.25, -0.2) is 9.29 Å². The lowest BCUT2D eigenvalue weighted by Gasteiger charge is -2.16. The summed E-state index contributed by atoms with van der Waals surface area (Å²) in [5, 5.41) is 9.64. The Morgan fingerprint density at radius 3 is 2.20 bits per heavy atom. The van der Waals surface area contributed by atoms with Gasteiger partial charge in [0.05, 0.1) is 10.2 Å². The van der Waals surface area contributed by atoms with Crippen LogP contribution in [0.1, 0.15) is 25.7 Å². The van der Waals surface area contributed by atoms with Crippen LogP contribution < -0.4 is 4.90 Å². The first kappa shape index (κ1) is 13.3. The zero-order chi connectivity index (χ0) is 14.4. The highest BCUT2D eigenvalue weighted by Crippen LogP contribution is 2.39. The average Bonchev–Trinajstić information content (AvgIpc) is 2.68.